The lowest BCUT2D eigenvalue weighted by atomic mass is 10.0. The van der Waals surface area contributed by atoms with Gasteiger partial charge in [-0.1, -0.05) is 28.1 Å². The van der Waals surface area contributed by atoms with E-state index < -0.39 is 0 Å². The van der Waals surface area contributed by atoms with Gasteiger partial charge in [-0.3, -0.25) is 0 Å². The van der Waals surface area contributed by atoms with Crippen LogP contribution >= 0.6 is 15.9 Å². The van der Waals surface area contributed by atoms with Gasteiger partial charge in [0.1, 0.15) is 18.2 Å². The predicted octanol–water partition coefficient (Wildman–Crippen LogP) is 4.16. The van der Waals surface area contributed by atoms with Gasteiger partial charge in [0.25, 0.3) is 0 Å². The molecule has 2 nitrogen and oxygen atoms in total. The van der Waals surface area contributed by atoms with E-state index in [1.165, 1.54) is 6.07 Å². The number of hydrogen-bond donors (Lipinski definition) is 0. The van der Waals surface area contributed by atoms with E-state index in [0.717, 1.165) is 21.5 Å². The molecule has 1 heterocycles. The molecule has 0 saturated heterocycles. The monoisotopic (exact) mass is 321 g/mol. The van der Waals surface area contributed by atoms with E-state index in [-0.39, 0.29) is 11.9 Å². The van der Waals surface area contributed by atoms with E-state index in [2.05, 4.69) is 20.8 Å². The standard InChI is InChI=1S/C15H13BrFNO/c1-18-13-8-11(16)5-6-15(13)19-9-14(18)10-3-2-4-12(17)7-10/h2-8,14H,9H2,1H3. The SMILES string of the molecule is CN1c2cc(Br)ccc2OCC1c1cccc(F)c1. The Morgan fingerprint density at radius 2 is 2.11 bits per heavy atom. The maximum absolute atomic E-state index is 13.3. The third-order valence-corrected chi connectivity index (χ3v) is 3.89. The van der Waals surface area contributed by atoms with Crippen LogP contribution in [0.1, 0.15) is 11.6 Å². The molecule has 98 valence electrons. The molecule has 1 aliphatic heterocycles. The second-order valence-corrected chi connectivity index (χ2v) is 5.52. The van der Waals surface area contributed by atoms with Crippen LogP contribution in [0.4, 0.5) is 10.1 Å². The highest BCUT2D eigenvalue weighted by Crippen LogP contribution is 2.39. The Kier molecular flexibility index (Phi) is 3.19. The molecule has 19 heavy (non-hydrogen) atoms. The molecule has 0 aromatic heterocycles. The van der Waals surface area contributed by atoms with Crippen LogP contribution in [0.2, 0.25) is 0 Å². The van der Waals surface area contributed by atoms with Crippen LogP contribution in [-0.4, -0.2) is 13.7 Å². The van der Waals surface area contributed by atoms with Crippen molar-refractivity contribution in [1.29, 1.82) is 0 Å². The van der Waals surface area contributed by atoms with Crippen LogP contribution in [0.5, 0.6) is 5.75 Å². The van der Waals surface area contributed by atoms with E-state index in [0.29, 0.717) is 6.61 Å². The second kappa shape index (κ2) is 4.85. The number of likely N-dealkylation sites (N-methyl/N-ethyl adjacent to an activating group) is 1. The van der Waals surface area contributed by atoms with Crippen molar-refractivity contribution >= 4 is 21.6 Å². The maximum atomic E-state index is 13.3. The van der Waals surface area contributed by atoms with Gasteiger partial charge in [0.05, 0.1) is 11.7 Å². The van der Waals surface area contributed by atoms with Crippen molar-refractivity contribution in [2.45, 2.75) is 6.04 Å². The molecule has 0 saturated carbocycles. The Morgan fingerprint density at radius 1 is 1.26 bits per heavy atom. The molecule has 3 rings (SSSR count). The molecule has 0 amide bonds. The van der Waals surface area contributed by atoms with Crippen LogP contribution < -0.4 is 9.64 Å². The molecule has 2 aromatic carbocycles. The number of halogens is 2. The highest BCUT2D eigenvalue weighted by molar-refractivity contribution is 9.10. The number of anilines is 1. The number of ether oxygens (including phenoxy) is 1. The van der Waals surface area contributed by atoms with Gasteiger partial charge in [0.15, 0.2) is 0 Å². The summed E-state index contributed by atoms with van der Waals surface area (Å²) in [5.41, 5.74) is 1.93. The fraction of sp³-hybridized carbons (Fsp3) is 0.200. The van der Waals surface area contributed by atoms with Gasteiger partial charge in [-0.2, -0.15) is 0 Å². The maximum Gasteiger partial charge on any atom is 0.142 e. The molecular formula is C15H13BrFNO. The number of benzene rings is 2. The van der Waals surface area contributed by atoms with Gasteiger partial charge >= 0.3 is 0 Å². The molecule has 1 aliphatic rings. The number of hydrogen-bond acceptors (Lipinski definition) is 2. The fourth-order valence-corrected chi connectivity index (χ4v) is 2.72. The van der Waals surface area contributed by atoms with E-state index in [9.17, 15) is 4.39 Å². The normalized spacial score (nSPS) is 17.8. The summed E-state index contributed by atoms with van der Waals surface area (Å²) in [6.45, 7) is 0.522. The second-order valence-electron chi connectivity index (χ2n) is 4.60. The third-order valence-electron chi connectivity index (χ3n) is 3.40. The summed E-state index contributed by atoms with van der Waals surface area (Å²) >= 11 is 3.46. The lowest BCUT2D eigenvalue weighted by Crippen LogP contribution is -2.33. The summed E-state index contributed by atoms with van der Waals surface area (Å²) in [6, 6.07) is 12.6. The zero-order chi connectivity index (χ0) is 13.4. The molecule has 0 N–H and O–H groups in total. The Hall–Kier alpha value is -1.55. The molecule has 2 aromatic rings. The smallest absolute Gasteiger partial charge is 0.142 e. The largest absolute Gasteiger partial charge is 0.489 e. The van der Waals surface area contributed by atoms with Gasteiger partial charge in [-0.05, 0) is 35.9 Å². The van der Waals surface area contributed by atoms with E-state index >= 15 is 0 Å². The van der Waals surface area contributed by atoms with E-state index in [1.807, 2.05) is 31.3 Å². The van der Waals surface area contributed by atoms with Crippen LogP contribution in [0, 0.1) is 5.82 Å². The zero-order valence-electron chi connectivity index (χ0n) is 10.4. The van der Waals surface area contributed by atoms with Gasteiger partial charge in [0.2, 0.25) is 0 Å². The van der Waals surface area contributed by atoms with Crippen molar-refractivity contribution in [3.05, 3.63) is 58.3 Å². The van der Waals surface area contributed by atoms with Gasteiger partial charge in [0, 0.05) is 11.5 Å². The third kappa shape index (κ3) is 2.32. The predicted molar refractivity (Wildman–Crippen MR) is 77.2 cm³/mol. The lowest BCUT2D eigenvalue weighted by Gasteiger charge is -2.36. The molecular weight excluding hydrogens is 309 g/mol. The van der Waals surface area contributed by atoms with Crippen LogP contribution in [0.15, 0.2) is 46.9 Å². The number of fused-ring (bicyclic) bond motifs is 1. The summed E-state index contributed by atoms with van der Waals surface area (Å²) in [7, 11) is 2.00. The first kappa shape index (κ1) is 12.5. The quantitative estimate of drug-likeness (QED) is 0.782. The molecule has 0 radical (unpaired) electrons. The van der Waals surface area contributed by atoms with Crippen molar-refractivity contribution < 1.29 is 9.13 Å². The van der Waals surface area contributed by atoms with Crippen molar-refractivity contribution in [3.63, 3.8) is 0 Å². The molecule has 1 unspecified atom stereocenters. The summed E-state index contributed by atoms with van der Waals surface area (Å²) in [4.78, 5) is 2.12. The van der Waals surface area contributed by atoms with Crippen LogP contribution in [0.3, 0.4) is 0 Å². The summed E-state index contributed by atoms with van der Waals surface area (Å²) < 4.78 is 20.1. The average molecular weight is 322 g/mol. The van der Waals surface area contributed by atoms with Crippen molar-refractivity contribution in [3.8, 4) is 5.75 Å². The molecule has 0 bridgehead atoms. The van der Waals surface area contributed by atoms with Gasteiger partial charge < -0.3 is 9.64 Å². The number of rotatable bonds is 1. The summed E-state index contributed by atoms with van der Waals surface area (Å²) in [5, 5.41) is 0. The minimum Gasteiger partial charge on any atom is -0.489 e. The Balaban J connectivity index is 1.99. The lowest BCUT2D eigenvalue weighted by molar-refractivity contribution is 0.268. The Labute approximate surface area is 119 Å². The first-order valence-electron chi connectivity index (χ1n) is 6.06. The van der Waals surface area contributed by atoms with Crippen molar-refractivity contribution in [1.82, 2.24) is 0 Å². The van der Waals surface area contributed by atoms with Gasteiger partial charge in [-0.25, -0.2) is 4.39 Å². The first-order valence-corrected chi connectivity index (χ1v) is 6.85. The minimum absolute atomic E-state index is 0.0255. The van der Waals surface area contributed by atoms with Crippen molar-refractivity contribution in [2.24, 2.45) is 0 Å². The molecule has 0 aliphatic carbocycles. The highest BCUT2D eigenvalue weighted by atomic mass is 79.9. The van der Waals surface area contributed by atoms with E-state index in [4.69, 9.17) is 4.74 Å². The van der Waals surface area contributed by atoms with Crippen LogP contribution in [0.25, 0.3) is 0 Å². The van der Waals surface area contributed by atoms with Gasteiger partial charge in [-0.15, -0.1) is 0 Å². The number of nitrogens with zero attached hydrogens (tertiary/aromatic N) is 1. The van der Waals surface area contributed by atoms with Crippen molar-refractivity contribution in [2.75, 3.05) is 18.6 Å². The first-order chi connectivity index (χ1) is 9.15. The zero-order valence-corrected chi connectivity index (χ0v) is 12.0. The average Bonchev–Trinajstić information content (AvgIpc) is 2.40. The summed E-state index contributed by atoms with van der Waals surface area (Å²) in [5.74, 6) is 0.643. The Morgan fingerprint density at radius 3 is 2.89 bits per heavy atom. The topological polar surface area (TPSA) is 12.5 Å². The fourth-order valence-electron chi connectivity index (χ4n) is 2.37. The summed E-state index contributed by atoms with van der Waals surface area (Å²) in [6.07, 6.45) is 0. The molecule has 4 heteroatoms. The minimum atomic E-state index is -0.217. The molecule has 0 fully saturated rings. The molecule has 1 atom stereocenters. The van der Waals surface area contributed by atoms with Crippen LogP contribution in [-0.2, 0) is 0 Å². The molecule has 0 spiro atoms. The Bertz CT molecular complexity index is 617. The van der Waals surface area contributed by atoms with E-state index in [1.54, 1.807) is 12.1 Å². The highest BCUT2D eigenvalue weighted by Gasteiger charge is 2.26.